The van der Waals surface area contributed by atoms with E-state index >= 15 is 0 Å². The first-order chi connectivity index (χ1) is 22.7. The molecule has 1 N–H and O–H groups in total. The molecule has 1 atom stereocenters. The van der Waals surface area contributed by atoms with Gasteiger partial charge in [0.1, 0.15) is 18.3 Å². The standard InChI is InChI=1S/C38H43N3O5S/c1-29-21-23-31(24-22-29)27-40(36(25-30-13-6-3-7-14-30)38(43)39-32-15-8-4-9-16-32)37(42)28-41(33-17-12-18-34(26-33)46-2)47(44,45)35-19-10-5-11-20-35/h3,5-7,10-14,17-24,26,32,36H,4,8-9,15-16,25,27-28H2,1-2H3,(H,39,43)/t36-/m1/s1. The Balaban J connectivity index is 1.56. The highest BCUT2D eigenvalue weighted by molar-refractivity contribution is 7.92. The Hall–Kier alpha value is -4.63. The summed E-state index contributed by atoms with van der Waals surface area (Å²) >= 11 is 0. The fourth-order valence-electron chi connectivity index (χ4n) is 6.00. The van der Waals surface area contributed by atoms with Gasteiger partial charge < -0.3 is 15.0 Å². The van der Waals surface area contributed by atoms with Crippen molar-refractivity contribution in [1.82, 2.24) is 10.2 Å². The van der Waals surface area contributed by atoms with Gasteiger partial charge in [-0.25, -0.2) is 8.42 Å². The summed E-state index contributed by atoms with van der Waals surface area (Å²) in [6.07, 6.45) is 5.32. The van der Waals surface area contributed by atoms with Gasteiger partial charge >= 0.3 is 0 Å². The van der Waals surface area contributed by atoms with Crippen LogP contribution in [-0.2, 0) is 32.6 Å². The smallest absolute Gasteiger partial charge is 0.264 e. The number of ether oxygens (including phenoxy) is 1. The zero-order valence-corrected chi connectivity index (χ0v) is 27.9. The Morgan fingerprint density at radius 3 is 2.15 bits per heavy atom. The number of hydrogen-bond donors (Lipinski definition) is 1. The third kappa shape index (κ3) is 8.80. The van der Waals surface area contributed by atoms with Gasteiger partial charge in [0.15, 0.2) is 0 Å². The quantitative estimate of drug-likeness (QED) is 0.183. The van der Waals surface area contributed by atoms with Gasteiger partial charge in [-0.05, 0) is 55.2 Å². The summed E-state index contributed by atoms with van der Waals surface area (Å²) < 4.78 is 34.9. The Labute approximate surface area is 278 Å². The van der Waals surface area contributed by atoms with Gasteiger partial charge in [0, 0.05) is 25.1 Å². The molecular weight excluding hydrogens is 611 g/mol. The first-order valence-corrected chi connectivity index (χ1v) is 17.6. The zero-order valence-electron chi connectivity index (χ0n) is 27.0. The van der Waals surface area contributed by atoms with Gasteiger partial charge in [0.25, 0.3) is 10.0 Å². The van der Waals surface area contributed by atoms with Gasteiger partial charge in [0.2, 0.25) is 11.8 Å². The molecular formula is C38H43N3O5S. The van der Waals surface area contributed by atoms with Crippen molar-refractivity contribution >= 4 is 27.5 Å². The highest BCUT2D eigenvalue weighted by atomic mass is 32.2. The van der Waals surface area contributed by atoms with Gasteiger partial charge in [-0.2, -0.15) is 0 Å². The molecule has 0 heterocycles. The van der Waals surface area contributed by atoms with Crippen LogP contribution in [0.15, 0.2) is 114 Å². The van der Waals surface area contributed by atoms with E-state index < -0.39 is 28.5 Å². The van der Waals surface area contributed by atoms with E-state index in [1.165, 1.54) is 19.2 Å². The number of amides is 2. The van der Waals surface area contributed by atoms with Crippen molar-refractivity contribution in [3.63, 3.8) is 0 Å². The second kappa shape index (κ2) is 15.8. The Morgan fingerprint density at radius 1 is 0.830 bits per heavy atom. The number of methoxy groups -OCH3 is 1. The second-order valence-corrected chi connectivity index (χ2v) is 13.9. The molecule has 246 valence electrons. The molecule has 5 rings (SSSR count). The molecule has 1 aliphatic carbocycles. The summed E-state index contributed by atoms with van der Waals surface area (Å²) in [6.45, 7) is 1.60. The average Bonchev–Trinajstić information content (AvgIpc) is 3.10. The van der Waals surface area contributed by atoms with Crippen molar-refractivity contribution < 1.29 is 22.7 Å². The molecule has 0 radical (unpaired) electrons. The topological polar surface area (TPSA) is 96.0 Å². The molecule has 1 fully saturated rings. The first kappa shape index (κ1) is 33.7. The van der Waals surface area contributed by atoms with E-state index in [2.05, 4.69) is 5.32 Å². The van der Waals surface area contributed by atoms with E-state index in [9.17, 15) is 18.0 Å². The van der Waals surface area contributed by atoms with Crippen LogP contribution in [0.3, 0.4) is 0 Å². The number of sulfonamides is 1. The molecule has 4 aromatic carbocycles. The van der Waals surface area contributed by atoms with Gasteiger partial charge in [-0.15, -0.1) is 0 Å². The fourth-order valence-corrected chi connectivity index (χ4v) is 7.43. The Kier molecular flexibility index (Phi) is 11.3. The third-order valence-electron chi connectivity index (χ3n) is 8.65. The van der Waals surface area contributed by atoms with Crippen LogP contribution in [0.1, 0.15) is 48.8 Å². The van der Waals surface area contributed by atoms with Crippen LogP contribution >= 0.6 is 0 Å². The van der Waals surface area contributed by atoms with Crippen molar-refractivity contribution in [2.75, 3.05) is 18.0 Å². The number of nitrogens with zero attached hydrogens (tertiary/aromatic N) is 2. The molecule has 0 aliphatic heterocycles. The SMILES string of the molecule is COc1cccc(N(CC(=O)N(Cc2ccc(C)cc2)[C@H](Cc2ccccc2)C(=O)NC2CCCCC2)S(=O)(=O)c2ccccc2)c1. The minimum absolute atomic E-state index is 0.0394. The van der Waals surface area contributed by atoms with Crippen LogP contribution in [0.5, 0.6) is 5.75 Å². The van der Waals surface area contributed by atoms with E-state index in [1.807, 2.05) is 61.5 Å². The lowest BCUT2D eigenvalue weighted by Gasteiger charge is -2.35. The lowest BCUT2D eigenvalue weighted by Crippen LogP contribution is -2.55. The molecule has 9 heteroatoms. The molecule has 1 saturated carbocycles. The number of hydrogen-bond acceptors (Lipinski definition) is 5. The number of rotatable bonds is 13. The van der Waals surface area contributed by atoms with Crippen molar-refractivity contribution in [2.45, 2.75) is 69.0 Å². The normalized spacial score (nSPS) is 14.2. The molecule has 2 amide bonds. The molecule has 0 unspecified atom stereocenters. The van der Waals surface area contributed by atoms with Gasteiger partial charge in [0.05, 0.1) is 17.7 Å². The lowest BCUT2D eigenvalue weighted by atomic mass is 9.94. The molecule has 8 nitrogen and oxygen atoms in total. The maximum Gasteiger partial charge on any atom is 0.264 e. The fraction of sp³-hybridized carbons (Fsp3) is 0.316. The first-order valence-electron chi connectivity index (χ1n) is 16.2. The van der Waals surface area contributed by atoms with Crippen LogP contribution in [0.4, 0.5) is 5.69 Å². The lowest BCUT2D eigenvalue weighted by molar-refractivity contribution is -0.140. The van der Waals surface area contributed by atoms with Crippen LogP contribution in [0, 0.1) is 6.92 Å². The summed E-state index contributed by atoms with van der Waals surface area (Å²) in [7, 11) is -2.68. The molecule has 0 bridgehead atoms. The van der Waals surface area contributed by atoms with Crippen LogP contribution in [0.25, 0.3) is 0 Å². The average molecular weight is 654 g/mol. The minimum Gasteiger partial charge on any atom is -0.497 e. The van der Waals surface area contributed by atoms with E-state index in [0.29, 0.717) is 5.75 Å². The maximum absolute atomic E-state index is 14.7. The predicted molar refractivity (Wildman–Crippen MR) is 185 cm³/mol. The highest BCUT2D eigenvalue weighted by Gasteiger charge is 2.35. The van der Waals surface area contributed by atoms with Crippen LogP contribution in [0.2, 0.25) is 0 Å². The summed E-state index contributed by atoms with van der Waals surface area (Å²) in [5.41, 5.74) is 3.09. The number of aryl methyl sites for hydroxylation is 1. The van der Waals surface area contributed by atoms with Crippen molar-refractivity contribution in [1.29, 1.82) is 0 Å². The molecule has 47 heavy (non-hydrogen) atoms. The summed E-state index contributed by atoms with van der Waals surface area (Å²) in [4.78, 5) is 30.5. The molecule has 1 aliphatic rings. The summed E-state index contributed by atoms with van der Waals surface area (Å²) in [5, 5.41) is 3.24. The predicted octanol–water partition coefficient (Wildman–Crippen LogP) is 6.29. The molecule has 0 spiro atoms. The number of benzene rings is 4. The largest absolute Gasteiger partial charge is 0.497 e. The summed E-state index contributed by atoms with van der Waals surface area (Å²) in [6, 6.07) is 31.3. The monoisotopic (exact) mass is 653 g/mol. The maximum atomic E-state index is 14.7. The second-order valence-electron chi connectivity index (χ2n) is 12.1. The number of nitrogens with one attached hydrogen (secondary N) is 1. The number of carbonyl (C=O) groups excluding carboxylic acids is 2. The number of anilines is 1. The van der Waals surface area contributed by atoms with Gasteiger partial charge in [-0.3, -0.25) is 13.9 Å². The van der Waals surface area contributed by atoms with Crippen LogP contribution in [-0.4, -0.2) is 50.9 Å². The van der Waals surface area contributed by atoms with E-state index in [1.54, 1.807) is 47.4 Å². The number of carbonyl (C=O) groups is 2. The highest BCUT2D eigenvalue weighted by Crippen LogP contribution is 2.28. The van der Waals surface area contributed by atoms with Crippen molar-refractivity contribution in [2.24, 2.45) is 0 Å². The van der Waals surface area contributed by atoms with Crippen molar-refractivity contribution in [3.8, 4) is 5.75 Å². The van der Waals surface area contributed by atoms with E-state index in [0.717, 1.165) is 53.1 Å². The van der Waals surface area contributed by atoms with Crippen molar-refractivity contribution in [3.05, 3.63) is 126 Å². The molecule has 0 aromatic heterocycles. The summed E-state index contributed by atoms with van der Waals surface area (Å²) in [5.74, 6) is -0.277. The minimum atomic E-state index is -4.18. The third-order valence-corrected chi connectivity index (χ3v) is 10.4. The molecule has 4 aromatic rings. The zero-order chi connectivity index (χ0) is 33.2. The van der Waals surface area contributed by atoms with Gasteiger partial charge in [-0.1, -0.05) is 104 Å². The Bertz CT molecular complexity index is 1720. The van der Waals surface area contributed by atoms with Crippen LogP contribution < -0.4 is 14.4 Å². The molecule has 0 saturated heterocycles. The van der Waals surface area contributed by atoms with E-state index in [4.69, 9.17) is 4.74 Å². The van der Waals surface area contributed by atoms with E-state index in [-0.39, 0.29) is 35.5 Å². The Morgan fingerprint density at radius 2 is 1.49 bits per heavy atom.